The molecule has 164 valence electrons. The van der Waals surface area contributed by atoms with E-state index < -0.39 is 17.7 Å². The molecule has 1 aromatic heterocycles. The number of hydrogen-bond donors (Lipinski definition) is 1. The van der Waals surface area contributed by atoms with E-state index in [9.17, 15) is 14.7 Å². The Hall–Kier alpha value is -2.68. The molecular weight excluding hydrogens is 416 g/mol. The number of ketones is 1. The van der Waals surface area contributed by atoms with Gasteiger partial charge in [-0.2, -0.15) is 0 Å². The van der Waals surface area contributed by atoms with Gasteiger partial charge in [0.05, 0.1) is 31.9 Å². The number of carbonyl (C=O) groups excluding carboxylic acids is 2. The number of rotatable bonds is 7. The Bertz CT molecular complexity index is 966. The van der Waals surface area contributed by atoms with Crippen molar-refractivity contribution in [1.82, 2.24) is 9.80 Å². The topological polar surface area (TPSA) is 79.3 Å². The maximum atomic E-state index is 13.0. The van der Waals surface area contributed by atoms with Gasteiger partial charge in [-0.25, -0.2) is 0 Å². The first kappa shape index (κ1) is 21.5. The fraction of sp³-hybridized carbons (Fsp3) is 0.391. The lowest BCUT2D eigenvalue weighted by molar-refractivity contribution is -0.140. The molecule has 3 heterocycles. The molecule has 2 aliphatic rings. The molecule has 1 aromatic carbocycles. The van der Waals surface area contributed by atoms with Crippen LogP contribution in [-0.2, 0) is 14.3 Å². The van der Waals surface area contributed by atoms with Crippen molar-refractivity contribution in [3.63, 3.8) is 0 Å². The normalized spacial score (nSPS) is 21.6. The number of thiophene rings is 1. The van der Waals surface area contributed by atoms with Crippen LogP contribution in [0.3, 0.4) is 0 Å². The van der Waals surface area contributed by atoms with Gasteiger partial charge in [0.15, 0.2) is 0 Å². The Morgan fingerprint density at radius 2 is 2.00 bits per heavy atom. The van der Waals surface area contributed by atoms with Gasteiger partial charge >= 0.3 is 0 Å². The minimum atomic E-state index is -0.648. The maximum Gasteiger partial charge on any atom is 0.295 e. The van der Waals surface area contributed by atoms with Crippen molar-refractivity contribution in [2.75, 3.05) is 46.5 Å². The lowest BCUT2D eigenvalue weighted by Gasteiger charge is -2.28. The highest BCUT2D eigenvalue weighted by molar-refractivity contribution is 7.10. The SMILES string of the molecule is COc1cccc(/C(O)=C2/C(=O)C(=O)N(CCCN3CCOCC3)C2c2cccs2)c1. The number of ether oxygens (including phenoxy) is 2. The fourth-order valence-corrected chi connectivity index (χ4v) is 4.91. The summed E-state index contributed by atoms with van der Waals surface area (Å²) < 4.78 is 10.6. The summed E-state index contributed by atoms with van der Waals surface area (Å²) in [5, 5.41) is 13.0. The van der Waals surface area contributed by atoms with Crippen LogP contribution in [0.25, 0.3) is 5.76 Å². The van der Waals surface area contributed by atoms with Crippen LogP contribution < -0.4 is 4.74 Å². The van der Waals surface area contributed by atoms with Crippen LogP contribution in [0.5, 0.6) is 5.75 Å². The van der Waals surface area contributed by atoms with Gasteiger partial charge in [0.2, 0.25) is 0 Å². The molecule has 7 nitrogen and oxygen atoms in total. The van der Waals surface area contributed by atoms with Crippen LogP contribution in [0.4, 0.5) is 0 Å². The van der Waals surface area contributed by atoms with E-state index >= 15 is 0 Å². The van der Waals surface area contributed by atoms with Gasteiger partial charge in [0, 0.05) is 36.6 Å². The van der Waals surface area contributed by atoms with Gasteiger partial charge in [0.25, 0.3) is 11.7 Å². The van der Waals surface area contributed by atoms with Crippen molar-refractivity contribution in [2.24, 2.45) is 0 Å². The summed E-state index contributed by atoms with van der Waals surface area (Å²) >= 11 is 1.47. The van der Waals surface area contributed by atoms with Gasteiger partial charge in [-0.1, -0.05) is 18.2 Å². The number of amides is 1. The highest BCUT2D eigenvalue weighted by Crippen LogP contribution is 2.41. The number of likely N-dealkylation sites (tertiary alicyclic amines) is 1. The largest absolute Gasteiger partial charge is 0.507 e. The number of hydrogen-bond acceptors (Lipinski definition) is 7. The maximum absolute atomic E-state index is 13.0. The predicted octanol–water partition coefficient (Wildman–Crippen LogP) is 2.90. The van der Waals surface area contributed by atoms with Gasteiger partial charge in [-0.3, -0.25) is 14.5 Å². The highest BCUT2D eigenvalue weighted by Gasteiger charge is 2.46. The minimum absolute atomic E-state index is 0.132. The van der Waals surface area contributed by atoms with Crippen molar-refractivity contribution in [2.45, 2.75) is 12.5 Å². The van der Waals surface area contributed by atoms with Crippen LogP contribution in [0.1, 0.15) is 22.9 Å². The zero-order valence-corrected chi connectivity index (χ0v) is 18.3. The van der Waals surface area contributed by atoms with Crippen LogP contribution in [0, 0.1) is 0 Å². The van der Waals surface area contributed by atoms with Gasteiger partial charge < -0.3 is 19.5 Å². The summed E-state index contributed by atoms with van der Waals surface area (Å²) in [6.07, 6.45) is 0.744. The van der Waals surface area contributed by atoms with Gasteiger partial charge in [-0.15, -0.1) is 11.3 Å². The van der Waals surface area contributed by atoms with E-state index in [1.807, 2.05) is 17.5 Å². The number of carbonyl (C=O) groups is 2. The molecule has 0 aliphatic carbocycles. The summed E-state index contributed by atoms with van der Waals surface area (Å²) in [6, 6.07) is 10.1. The molecule has 8 heteroatoms. The van der Waals surface area contributed by atoms with Crippen molar-refractivity contribution in [3.05, 3.63) is 57.8 Å². The summed E-state index contributed by atoms with van der Waals surface area (Å²) in [6.45, 7) is 4.48. The lowest BCUT2D eigenvalue weighted by atomic mass is 9.99. The lowest BCUT2D eigenvalue weighted by Crippen LogP contribution is -2.38. The van der Waals surface area contributed by atoms with Crippen molar-refractivity contribution < 1.29 is 24.2 Å². The van der Waals surface area contributed by atoms with Gasteiger partial charge in [0.1, 0.15) is 11.5 Å². The summed E-state index contributed by atoms with van der Waals surface area (Å²) in [4.78, 5) is 30.7. The van der Waals surface area contributed by atoms with E-state index in [4.69, 9.17) is 9.47 Å². The molecule has 0 bridgehead atoms. The molecule has 2 aliphatic heterocycles. The molecule has 1 atom stereocenters. The quantitative estimate of drug-likeness (QED) is 0.404. The van der Waals surface area contributed by atoms with E-state index in [1.54, 1.807) is 29.2 Å². The first-order valence-corrected chi connectivity index (χ1v) is 11.2. The van der Waals surface area contributed by atoms with Crippen LogP contribution >= 0.6 is 11.3 Å². The third-order valence-electron chi connectivity index (χ3n) is 5.67. The van der Waals surface area contributed by atoms with E-state index in [0.717, 1.165) is 44.1 Å². The fourth-order valence-electron chi connectivity index (χ4n) is 4.07. The predicted molar refractivity (Wildman–Crippen MR) is 118 cm³/mol. The molecule has 0 saturated carbocycles. The third-order valence-corrected chi connectivity index (χ3v) is 6.60. The van der Waals surface area contributed by atoms with Crippen molar-refractivity contribution >= 4 is 28.8 Å². The Kier molecular flexibility index (Phi) is 6.70. The molecular formula is C23H26N2O5S. The highest BCUT2D eigenvalue weighted by atomic mass is 32.1. The van der Waals surface area contributed by atoms with Crippen LogP contribution in [0.2, 0.25) is 0 Å². The second kappa shape index (κ2) is 9.64. The Morgan fingerprint density at radius 1 is 1.19 bits per heavy atom. The third kappa shape index (κ3) is 4.51. The summed E-state index contributed by atoms with van der Waals surface area (Å²) in [5.41, 5.74) is 0.583. The standard InChI is InChI=1S/C23H26N2O5S/c1-29-17-6-2-5-16(15-17)21(26)19-20(18-7-3-14-31-18)25(23(28)22(19)27)9-4-8-24-10-12-30-13-11-24/h2-3,5-7,14-15,20,26H,4,8-13H2,1H3/b21-19-. The van der Waals surface area contributed by atoms with E-state index in [-0.39, 0.29) is 11.3 Å². The minimum Gasteiger partial charge on any atom is -0.507 e. The molecule has 2 saturated heterocycles. The number of methoxy groups -OCH3 is 1. The van der Waals surface area contributed by atoms with E-state index in [1.165, 1.54) is 18.4 Å². The van der Waals surface area contributed by atoms with E-state index in [2.05, 4.69) is 4.90 Å². The molecule has 0 radical (unpaired) electrons. The second-order valence-corrected chi connectivity index (χ2v) is 8.53. The zero-order chi connectivity index (χ0) is 21.8. The van der Waals surface area contributed by atoms with Crippen LogP contribution in [-0.4, -0.2) is 73.1 Å². The number of nitrogens with zero attached hydrogens (tertiary/aromatic N) is 2. The Morgan fingerprint density at radius 3 is 2.71 bits per heavy atom. The molecule has 1 amide bonds. The summed E-state index contributed by atoms with van der Waals surface area (Å²) in [7, 11) is 1.54. The molecule has 2 fully saturated rings. The number of benzene rings is 1. The Labute approximate surface area is 185 Å². The molecule has 0 spiro atoms. The average Bonchev–Trinajstić information content (AvgIpc) is 3.42. The van der Waals surface area contributed by atoms with Gasteiger partial charge in [-0.05, 0) is 30.0 Å². The van der Waals surface area contributed by atoms with Crippen LogP contribution in [0.15, 0.2) is 47.4 Å². The molecule has 1 N–H and O–H groups in total. The number of morpholine rings is 1. The Balaban J connectivity index is 1.63. The smallest absolute Gasteiger partial charge is 0.295 e. The number of aliphatic hydroxyl groups is 1. The zero-order valence-electron chi connectivity index (χ0n) is 17.5. The number of Topliss-reactive ketones (excluding diaryl/α,β-unsaturated/α-hetero) is 1. The first-order valence-electron chi connectivity index (χ1n) is 10.4. The molecule has 4 rings (SSSR count). The number of aliphatic hydroxyl groups excluding tert-OH is 1. The summed E-state index contributed by atoms with van der Waals surface area (Å²) in [5.74, 6) is -0.822. The van der Waals surface area contributed by atoms with E-state index in [0.29, 0.717) is 17.9 Å². The first-order chi connectivity index (χ1) is 15.1. The average molecular weight is 443 g/mol. The monoisotopic (exact) mass is 442 g/mol. The molecule has 2 aromatic rings. The molecule has 1 unspecified atom stereocenters. The molecule has 31 heavy (non-hydrogen) atoms. The van der Waals surface area contributed by atoms with Crippen molar-refractivity contribution in [3.8, 4) is 5.75 Å². The second-order valence-electron chi connectivity index (χ2n) is 7.55. The van der Waals surface area contributed by atoms with Crippen molar-refractivity contribution in [1.29, 1.82) is 0 Å².